The molecule has 1 aromatic carbocycles. The molecule has 1 atom stereocenters. The molecule has 2 aromatic rings. The van der Waals surface area contributed by atoms with E-state index in [9.17, 15) is 0 Å². The number of hydrogen-bond donors (Lipinski definition) is 1. The van der Waals surface area contributed by atoms with Crippen molar-refractivity contribution in [3.63, 3.8) is 0 Å². The van der Waals surface area contributed by atoms with E-state index in [2.05, 4.69) is 54.2 Å². The summed E-state index contributed by atoms with van der Waals surface area (Å²) in [7, 11) is 0. The second-order valence-corrected chi connectivity index (χ2v) is 8.26. The second-order valence-electron chi connectivity index (χ2n) is 5.12. The van der Waals surface area contributed by atoms with Crippen LogP contribution in [0.1, 0.15) is 41.6 Å². The molecule has 21 heavy (non-hydrogen) atoms. The van der Waals surface area contributed by atoms with Crippen molar-refractivity contribution in [2.75, 3.05) is 6.54 Å². The zero-order valence-electron chi connectivity index (χ0n) is 12.3. The van der Waals surface area contributed by atoms with Crippen molar-refractivity contribution >= 4 is 50.5 Å². The van der Waals surface area contributed by atoms with E-state index in [1.807, 2.05) is 6.07 Å². The van der Waals surface area contributed by atoms with Gasteiger partial charge in [0.1, 0.15) is 0 Å². The number of nitrogens with one attached hydrogen (secondary N) is 1. The first-order valence-electron chi connectivity index (χ1n) is 6.88. The van der Waals surface area contributed by atoms with Gasteiger partial charge in [-0.25, -0.2) is 0 Å². The van der Waals surface area contributed by atoms with E-state index in [1.165, 1.54) is 28.0 Å². The Kier molecular flexibility index (Phi) is 6.15. The molecule has 0 amide bonds. The smallest absolute Gasteiger partial charge is 0.0995 e. The zero-order chi connectivity index (χ0) is 15.6. The first-order chi connectivity index (χ1) is 9.93. The van der Waals surface area contributed by atoms with Crippen molar-refractivity contribution in [1.82, 2.24) is 5.32 Å². The average Bonchev–Trinajstić information content (AvgIpc) is 2.75. The predicted molar refractivity (Wildman–Crippen MR) is 98.1 cm³/mol. The lowest BCUT2D eigenvalue weighted by atomic mass is 9.95. The third-order valence-corrected chi connectivity index (χ3v) is 5.82. The number of rotatable bonds is 5. The monoisotopic (exact) mass is 405 g/mol. The first kappa shape index (κ1) is 17.3. The highest BCUT2D eigenvalue weighted by molar-refractivity contribution is 9.10. The number of hydrogen-bond acceptors (Lipinski definition) is 2. The molecule has 1 unspecified atom stereocenters. The van der Waals surface area contributed by atoms with Crippen molar-refractivity contribution in [3.05, 3.63) is 53.6 Å². The van der Waals surface area contributed by atoms with Crippen LogP contribution in [0.5, 0.6) is 0 Å². The molecule has 114 valence electrons. The molecule has 0 saturated carbocycles. The number of halogens is 3. The maximum Gasteiger partial charge on any atom is 0.0995 e. The third kappa shape index (κ3) is 4.02. The molecule has 1 aromatic heterocycles. The van der Waals surface area contributed by atoms with Crippen LogP contribution in [0.15, 0.2) is 22.7 Å². The molecule has 0 aliphatic heterocycles. The van der Waals surface area contributed by atoms with Crippen LogP contribution in [0.3, 0.4) is 0 Å². The van der Waals surface area contributed by atoms with E-state index in [-0.39, 0.29) is 6.04 Å². The summed E-state index contributed by atoms with van der Waals surface area (Å²) in [6, 6.07) is 6.42. The summed E-state index contributed by atoms with van der Waals surface area (Å²) in [5.41, 5.74) is 4.77. The summed E-state index contributed by atoms with van der Waals surface area (Å²) >= 11 is 17.5. The van der Waals surface area contributed by atoms with Crippen LogP contribution in [-0.4, -0.2) is 6.54 Å². The van der Waals surface area contributed by atoms with Crippen LogP contribution in [0.25, 0.3) is 0 Å². The van der Waals surface area contributed by atoms with Gasteiger partial charge < -0.3 is 5.32 Å². The molecule has 0 aliphatic rings. The molecule has 0 spiro atoms. The highest BCUT2D eigenvalue weighted by Gasteiger charge is 2.21. The molecule has 0 saturated heterocycles. The minimum absolute atomic E-state index is 0.0769. The van der Waals surface area contributed by atoms with Gasteiger partial charge in [-0.1, -0.05) is 52.1 Å². The van der Waals surface area contributed by atoms with Crippen molar-refractivity contribution in [3.8, 4) is 0 Å². The number of benzene rings is 1. The van der Waals surface area contributed by atoms with Gasteiger partial charge in [-0.2, -0.15) is 0 Å². The standard InChI is InChI=1S/C16H18BrCl2NS/c1-4-5-20-15(12-8-14(18)21-16(12)19)11-6-10(3)13(17)7-9(11)2/h6-8,15,20H,4-5H2,1-3H3. The van der Waals surface area contributed by atoms with E-state index in [1.54, 1.807) is 0 Å². The summed E-state index contributed by atoms with van der Waals surface area (Å²) in [5.74, 6) is 0. The fraction of sp³-hybridized carbons (Fsp3) is 0.375. The van der Waals surface area contributed by atoms with Crippen LogP contribution in [0.4, 0.5) is 0 Å². The molecule has 1 nitrogen and oxygen atoms in total. The Hall–Kier alpha value is -0.0600. The third-order valence-electron chi connectivity index (χ3n) is 3.45. The molecule has 5 heteroatoms. The molecule has 2 rings (SSSR count). The normalized spacial score (nSPS) is 12.7. The van der Waals surface area contributed by atoms with Crippen molar-refractivity contribution < 1.29 is 0 Å². The van der Waals surface area contributed by atoms with Gasteiger partial charge in [0.05, 0.1) is 14.7 Å². The maximum atomic E-state index is 6.38. The predicted octanol–water partition coefficient (Wildman–Crippen LogP) is 6.52. The van der Waals surface area contributed by atoms with Gasteiger partial charge in [0.15, 0.2) is 0 Å². The molecule has 1 N–H and O–H groups in total. The molecule has 1 heterocycles. The van der Waals surface area contributed by atoms with Gasteiger partial charge in [-0.3, -0.25) is 0 Å². The Morgan fingerprint density at radius 1 is 1.14 bits per heavy atom. The molecule has 0 bridgehead atoms. The fourth-order valence-corrected chi connectivity index (χ4v) is 4.33. The van der Waals surface area contributed by atoms with Crippen molar-refractivity contribution in [1.29, 1.82) is 0 Å². The molecule has 0 radical (unpaired) electrons. The van der Waals surface area contributed by atoms with Gasteiger partial charge in [-0.05, 0) is 55.6 Å². The van der Waals surface area contributed by atoms with Crippen LogP contribution in [0, 0.1) is 13.8 Å². The summed E-state index contributed by atoms with van der Waals surface area (Å²) < 4.78 is 2.62. The fourth-order valence-electron chi connectivity index (χ4n) is 2.34. The lowest BCUT2D eigenvalue weighted by Gasteiger charge is -2.22. The summed E-state index contributed by atoms with van der Waals surface area (Å²) in [4.78, 5) is 0. The summed E-state index contributed by atoms with van der Waals surface area (Å²) in [6.45, 7) is 7.32. The van der Waals surface area contributed by atoms with Crippen LogP contribution in [0.2, 0.25) is 8.67 Å². The largest absolute Gasteiger partial charge is 0.306 e. The van der Waals surface area contributed by atoms with Crippen LogP contribution >= 0.6 is 50.5 Å². The van der Waals surface area contributed by atoms with Crippen LogP contribution in [-0.2, 0) is 0 Å². The topological polar surface area (TPSA) is 12.0 Å². The van der Waals surface area contributed by atoms with Gasteiger partial charge >= 0.3 is 0 Å². The van der Waals surface area contributed by atoms with E-state index in [0.29, 0.717) is 0 Å². The van der Waals surface area contributed by atoms with E-state index in [0.717, 1.165) is 31.7 Å². The van der Waals surface area contributed by atoms with Crippen molar-refractivity contribution in [2.24, 2.45) is 0 Å². The summed E-state index contributed by atoms with van der Waals surface area (Å²) in [6.07, 6.45) is 1.07. The maximum absolute atomic E-state index is 6.38. The molecule has 0 fully saturated rings. The molecular weight excluding hydrogens is 389 g/mol. The Labute approximate surface area is 148 Å². The average molecular weight is 407 g/mol. The lowest BCUT2D eigenvalue weighted by Crippen LogP contribution is -2.24. The molecular formula is C16H18BrCl2NS. The Bertz CT molecular complexity index is 639. The number of thiophene rings is 1. The minimum Gasteiger partial charge on any atom is -0.306 e. The van der Waals surface area contributed by atoms with Crippen molar-refractivity contribution in [2.45, 2.75) is 33.2 Å². The lowest BCUT2D eigenvalue weighted by molar-refractivity contribution is 0.597. The Morgan fingerprint density at radius 3 is 2.43 bits per heavy atom. The number of aryl methyl sites for hydroxylation is 2. The summed E-state index contributed by atoms with van der Waals surface area (Å²) in [5, 5.41) is 3.59. The molecule has 0 aliphatic carbocycles. The highest BCUT2D eigenvalue weighted by atomic mass is 79.9. The Morgan fingerprint density at radius 2 is 1.86 bits per heavy atom. The second kappa shape index (κ2) is 7.47. The van der Waals surface area contributed by atoms with Gasteiger partial charge in [-0.15, -0.1) is 11.3 Å². The van der Waals surface area contributed by atoms with Gasteiger partial charge in [0.25, 0.3) is 0 Å². The van der Waals surface area contributed by atoms with Gasteiger partial charge in [0.2, 0.25) is 0 Å². The zero-order valence-corrected chi connectivity index (χ0v) is 16.2. The quantitative estimate of drug-likeness (QED) is 0.595. The minimum atomic E-state index is 0.0769. The van der Waals surface area contributed by atoms with Crippen LogP contribution < -0.4 is 5.32 Å². The van der Waals surface area contributed by atoms with E-state index >= 15 is 0 Å². The first-order valence-corrected chi connectivity index (χ1v) is 9.25. The van der Waals surface area contributed by atoms with Gasteiger partial charge in [0, 0.05) is 10.0 Å². The SMILES string of the molecule is CCCNC(c1cc(C)c(Br)cc1C)c1cc(Cl)sc1Cl. The van der Waals surface area contributed by atoms with E-state index < -0.39 is 0 Å². The Balaban J connectivity index is 2.50. The highest BCUT2D eigenvalue weighted by Crippen LogP contribution is 2.39. The van der Waals surface area contributed by atoms with E-state index in [4.69, 9.17) is 23.2 Å².